The van der Waals surface area contributed by atoms with E-state index in [2.05, 4.69) is 6.92 Å². The predicted octanol–water partition coefficient (Wildman–Crippen LogP) is 3.07. The predicted molar refractivity (Wildman–Crippen MR) is 70.3 cm³/mol. The average Bonchev–Trinajstić information content (AvgIpc) is 2.40. The van der Waals surface area contributed by atoms with Gasteiger partial charge in [-0.25, -0.2) is 0 Å². The summed E-state index contributed by atoms with van der Waals surface area (Å²) in [6, 6.07) is 4.58. The molecule has 0 aliphatic rings. The molecule has 0 heterocycles. The average molecular weight is 269 g/mol. The second-order valence-corrected chi connectivity index (χ2v) is 3.98. The highest BCUT2D eigenvalue weighted by atomic mass is 16.7. The molecule has 0 aliphatic carbocycles. The van der Waals surface area contributed by atoms with E-state index in [0.717, 1.165) is 12.8 Å². The highest BCUT2D eigenvalue weighted by molar-refractivity contribution is 5.46. The minimum absolute atomic E-state index is 0.0449. The molecule has 0 saturated heterocycles. The van der Waals surface area contributed by atoms with Gasteiger partial charge >= 0.3 is 0 Å². The van der Waals surface area contributed by atoms with E-state index in [1.807, 2.05) is 0 Å². The Balaban J connectivity index is 3.00. The summed E-state index contributed by atoms with van der Waals surface area (Å²) in [5.74, 6) is 0.577. The lowest BCUT2D eigenvalue weighted by molar-refractivity contribution is -0.387. The molecule has 0 radical (unpaired) electrons. The SMILES string of the molecule is CCCCOc1ccc([N+](=O)[O-])c(C(OC)OC)c1. The van der Waals surface area contributed by atoms with Crippen LogP contribution in [0.5, 0.6) is 5.75 Å². The molecule has 1 aromatic carbocycles. The monoisotopic (exact) mass is 269 g/mol. The number of rotatable bonds is 8. The van der Waals surface area contributed by atoms with Crippen molar-refractivity contribution in [1.29, 1.82) is 0 Å². The molecule has 0 spiro atoms. The standard InChI is InChI=1S/C13H19NO5/c1-4-5-8-19-10-6-7-12(14(15)16)11(9-10)13(17-2)18-3/h6-7,9,13H,4-5,8H2,1-3H3. The van der Waals surface area contributed by atoms with Crippen LogP contribution in [-0.2, 0) is 9.47 Å². The molecule has 6 heteroatoms. The van der Waals surface area contributed by atoms with Crippen LogP contribution in [0.25, 0.3) is 0 Å². The fraction of sp³-hybridized carbons (Fsp3) is 0.538. The second-order valence-electron chi connectivity index (χ2n) is 3.98. The maximum absolute atomic E-state index is 11.0. The molecule has 6 nitrogen and oxygen atoms in total. The Morgan fingerprint density at radius 1 is 1.32 bits per heavy atom. The van der Waals surface area contributed by atoms with Crippen LogP contribution in [0.4, 0.5) is 5.69 Å². The third-order valence-corrected chi connectivity index (χ3v) is 2.64. The Labute approximate surface area is 112 Å². The Hall–Kier alpha value is -1.66. The number of unbranched alkanes of at least 4 members (excludes halogenated alkanes) is 1. The Morgan fingerprint density at radius 3 is 2.53 bits per heavy atom. The van der Waals surface area contributed by atoms with Crippen molar-refractivity contribution in [2.75, 3.05) is 20.8 Å². The number of methoxy groups -OCH3 is 2. The van der Waals surface area contributed by atoms with Crippen molar-refractivity contribution in [3.63, 3.8) is 0 Å². The zero-order valence-electron chi connectivity index (χ0n) is 11.4. The summed E-state index contributed by atoms with van der Waals surface area (Å²) >= 11 is 0. The summed E-state index contributed by atoms with van der Waals surface area (Å²) in [7, 11) is 2.87. The van der Waals surface area contributed by atoms with Gasteiger partial charge in [-0.1, -0.05) is 13.3 Å². The quantitative estimate of drug-likeness (QED) is 0.314. The number of benzene rings is 1. The van der Waals surface area contributed by atoms with Gasteiger partial charge in [-0.3, -0.25) is 10.1 Å². The molecule has 0 unspecified atom stereocenters. The van der Waals surface area contributed by atoms with Crippen LogP contribution in [0.2, 0.25) is 0 Å². The molecule has 19 heavy (non-hydrogen) atoms. The van der Waals surface area contributed by atoms with Crippen LogP contribution in [-0.4, -0.2) is 25.7 Å². The molecule has 0 bridgehead atoms. The van der Waals surface area contributed by atoms with E-state index < -0.39 is 11.2 Å². The first-order valence-electron chi connectivity index (χ1n) is 6.10. The van der Waals surface area contributed by atoms with E-state index >= 15 is 0 Å². The molecule has 0 aliphatic heterocycles. The van der Waals surface area contributed by atoms with E-state index in [4.69, 9.17) is 14.2 Å². The fourth-order valence-corrected chi connectivity index (χ4v) is 1.66. The number of hydrogen-bond donors (Lipinski definition) is 0. The molecule has 0 saturated carbocycles. The van der Waals surface area contributed by atoms with Gasteiger partial charge in [-0.15, -0.1) is 0 Å². The van der Waals surface area contributed by atoms with Crippen LogP contribution in [0.15, 0.2) is 18.2 Å². The van der Waals surface area contributed by atoms with Gasteiger partial charge in [0.2, 0.25) is 0 Å². The lowest BCUT2D eigenvalue weighted by atomic mass is 10.1. The van der Waals surface area contributed by atoms with Crippen molar-refractivity contribution in [2.45, 2.75) is 26.1 Å². The number of nitro groups is 1. The molecule has 0 atom stereocenters. The zero-order valence-corrected chi connectivity index (χ0v) is 11.4. The van der Waals surface area contributed by atoms with E-state index in [9.17, 15) is 10.1 Å². The second kappa shape index (κ2) is 7.70. The van der Waals surface area contributed by atoms with E-state index in [-0.39, 0.29) is 5.69 Å². The van der Waals surface area contributed by atoms with Gasteiger partial charge in [0.05, 0.1) is 17.1 Å². The Morgan fingerprint density at radius 2 is 2.00 bits per heavy atom. The van der Waals surface area contributed by atoms with Gasteiger partial charge in [-0.2, -0.15) is 0 Å². The van der Waals surface area contributed by atoms with Crippen LogP contribution < -0.4 is 4.74 Å². The summed E-state index contributed by atoms with van der Waals surface area (Å²) in [6.45, 7) is 2.65. The molecule has 1 rings (SSSR count). The summed E-state index contributed by atoms with van der Waals surface area (Å²) < 4.78 is 15.7. The molecule has 0 fully saturated rings. The van der Waals surface area contributed by atoms with E-state index in [1.54, 1.807) is 12.1 Å². The van der Waals surface area contributed by atoms with Crippen molar-refractivity contribution in [1.82, 2.24) is 0 Å². The molecule has 1 aromatic rings. The maximum Gasteiger partial charge on any atom is 0.277 e. The lowest BCUT2D eigenvalue weighted by Gasteiger charge is -2.15. The molecular weight excluding hydrogens is 250 g/mol. The van der Waals surface area contributed by atoms with Crippen molar-refractivity contribution in [3.8, 4) is 5.75 Å². The molecule has 0 aromatic heterocycles. The first-order chi connectivity index (χ1) is 9.13. The molecule has 106 valence electrons. The largest absolute Gasteiger partial charge is 0.494 e. The van der Waals surface area contributed by atoms with Gasteiger partial charge in [0.1, 0.15) is 5.75 Å². The fourth-order valence-electron chi connectivity index (χ4n) is 1.66. The van der Waals surface area contributed by atoms with Gasteiger partial charge in [0.25, 0.3) is 5.69 Å². The van der Waals surface area contributed by atoms with Crippen molar-refractivity contribution < 1.29 is 19.1 Å². The topological polar surface area (TPSA) is 70.8 Å². The third kappa shape index (κ3) is 4.18. The summed E-state index contributed by atoms with van der Waals surface area (Å²) in [6.07, 6.45) is 1.18. The highest BCUT2D eigenvalue weighted by Gasteiger charge is 2.22. The van der Waals surface area contributed by atoms with Gasteiger partial charge in [-0.05, 0) is 18.6 Å². The molecule has 0 N–H and O–H groups in total. The normalized spacial score (nSPS) is 10.7. The van der Waals surface area contributed by atoms with Crippen LogP contribution in [0.1, 0.15) is 31.6 Å². The number of nitrogens with zero attached hydrogens (tertiary/aromatic N) is 1. The Bertz CT molecular complexity index is 417. The summed E-state index contributed by atoms with van der Waals surface area (Å²) in [4.78, 5) is 10.5. The smallest absolute Gasteiger partial charge is 0.277 e. The first kappa shape index (κ1) is 15.4. The Kier molecular flexibility index (Phi) is 6.24. The minimum Gasteiger partial charge on any atom is -0.494 e. The summed E-state index contributed by atoms with van der Waals surface area (Å²) in [5, 5.41) is 11.0. The number of nitro benzene ring substituents is 1. The molecular formula is C13H19NO5. The van der Waals surface area contributed by atoms with Crippen molar-refractivity contribution in [2.24, 2.45) is 0 Å². The van der Waals surface area contributed by atoms with Crippen LogP contribution in [0.3, 0.4) is 0 Å². The van der Waals surface area contributed by atoms with E-state index in [1.165, 1.54) is 20.3 Å². The highest BCUT2D eigenvalue weighted by Crippen LogP contribution is 2.31. The maximum atomic E-state index is 11.0. The number of ether oxygens (including phenoxy) is 3. The van der Waals surface area contributed by atoms with Gasteiger partial charge in [0.15, 0.2) is 6.29 Å². The van der Waals surface area contributed by atoms with Gasteiger partial charge in [0, 0.05) is 20.3 Å². The van der Waals surface area contributed by atoms with Gasteiger partial charge < -0.3 is 14.2 Å². The van der Waals surface area contributed by atoms with Crippen molar-refractivity contribution >= 4 is 5.69 Å². The van der Waals surface area contributed by atoms with Crippen molar-refractivity contribution in [3.05, 3.63) is 33.9 Å². The van der Waals surface area contributed by atoms with Crippen LogP contribution in [0, 0.1) is 10.1 Å². The molecule has 0 amide bonds. The first-order valence-corrected chi connectivity index (χ1v) is 6.10. The minimum atomic E-state index is -0.782. The van der Waals surface area contributed by atoms with E-state index in [0.29, 0.717) is 17.9 Å². The van der Waals surface area contributed by atoms with Crippen LogP contribution >= 0.6 is 0 Å². The third-order valence-electron chi connectivity index (χ3n) is 2.64. The lowest BCUT2D eigenvalue weighted by Crippen LogP contribution is -2.08. The zero-order chi connectivity index (χ0) is 14.3. The summed E-state index contributed by atoms with van der Waals surface area (Å²) in [5.41, 5.74) is 0.306. The number of hydrogen-bond acceptors (Lipinski definition) is 5.